The van der Waals surface area contributed by atoms with Gasteiger partial charge in [-0.15, -0.1) is 0 Å². The average molecular weight is 496 g/mol. The second-order valence-electron chi connectivity index (χ2n) is 7.41. The molecule has 0 radical (unpaired) electrons. The molecule has 8 heteroatoms. The summed E-state index contributed by atoms with van der Waals surface area (Å²) in [6.45, 7) is 0.463. The predicted molar refractivity (Wildman–Crippen MR) is 135 cm³/mol. The fraction of sp³-hybridized carbons (Fsp3) is 0.154. The van der Waals surface area contributed by atoms with Crippen molar-refractivity contribution in [2.24, 2.45) is 0 Å². The molecule has 5 nitrogen and oxygen atoms in total. The lowest BCUT2D eigenvalue weighted by Gasteiger charge is -2.14. The largest absolute Gasteiger partial charge is 0.497 e. The Morgan fingerprint density at radius 2 is 1.76 bits per heavy atom. The van der Waals surface area contributed by atoms with Crippen LogP contribution in [-0.4, -0.2) is 29.3 Å². The Morgan fingerprint density at radius 3 is 2.47 bits per heavy atom. The first-order valence-corrected chi connectivity index (χ1v) is 11.6. The lowest BCUT2D eigenvalue weighted by Crippen LogP contribution is -2.27. The second kappa shape index (κ2) is 10.7. The standard InChI is InChI=1S/C26H22FNO4S2/c1-30-20-10-7-17(8-11-20)15-28-25(29)24(34-26(28)33)14-18-9-12-22(23(13-18)31-2)32-16-19-5-3-4-6-21(19)27/h3-14H,15-16H2,1-2H3. The first-order chi connectivity index (χ1) is 16.5. The van der Waals surface area contributed by atoms with Crippen LogP contribution in [0.25, 0.3) is 6.08 Å². The highest BCUT2D eigenvalue weighted by molar-refractivity contribution is 8.26. The molecule has 0 aliphatic carbocycles. The van der Waals surface area contributed by atoms with Gasteiger partial charge in [-0.25, -0.2) is 4.39 Å². The van der Waals surface area contributed by atoms with Gasteiger partial charge in [0.15, 0.2) is 11.5 Å². The third kappa shape index (κ3) is 5.40. The van der Waals surface area contributed by atoms with Crippen LogP contribution in [0.2, 0.25) is 0 Å². The number of thioether (sulfide) groups is 1. The first-order valence-electron chi connectivity index (χ1n) is 10.4. The number of hydrogen-bond donors (Lipinski definition) is 0. The molecule has 0 unspecified atom stereocenters. The third-order valence-electron chi connectivity index (χ3n) is 5.20. The zero-order chi connectivity index (χ0) is 24.1. The average Bonchev–Trinajstić information content (AvgIpc) is 3.11. The lowest BCUT2D eigenvalue weighted by atomic mass is 10.1. The molecule has 3 aromatic rings. The van der Waals surface area contributed by atoms with E-state index in [1.54, 1.807) is 48.4 Å². The van der Waals surface area contributed by atoms with Crippen molar-refractivity contribution >= 4 is 40.3 Å². The van der Waals surface area contributed by atoms with Gasteiger partial charge in [-0.05, 0) is 47.5 Å². The fourth-order valence-corrected chi connectivity index (χ4v) is 4.62. The van der Waals surface area contributed by atoms with Gasteiger partial charge in [0, 0.05) is 5.56 Å². The Labute approximate surface area is 207 Å². The summed E-state index contributed by atoms with van der Waals surface area (Å²) in [5, 5.41) is 0. The summed E-state index contributed by atoms with van der Waals surface area (Å²) in [5.41, 5.74) is 2.17. The van der Waals surface area contributed by atoms with Crippen LogP contribution in [0, 0.1) is 5.82 Å². The van der Waals surface area contributed by atoms with E-state index in [0.717, 1.165) is 16.9 Å². The molecule has 1 aliphatic rings. The molecule has 34 heavy (non-hydrogen) atoms. The van der Waals surface area contributed by atoms with Crippen LogP contribution in [0.1, 0.15) is 16.7 Å². The van der Waals surface area contributed by atoms with Crippen molar-refractivity contribution in [3.05, 3.63) is 94.1 Å². The summed E-state index contributed by atoms with van der Waals surface area (Å²) in [4.78, 5) is 15.1. The molecule has 174 valence electrons. The Balaban J connectivity index is 1.47. The minimum Gasteiger partial charge on any atom is -0.497 e. The van der Waals surface area contributed by atoms with E-state index >= 15 is 0 Å². The SMILES string of the molecule is COc1ccc(CN2C(=O)C(=Cc3ccc(OCc4ccccc4F)c(OC)c3)SC2=S)cc1. The van der Waals surface area contributed by atoms with E-state index in [-0.39, 0.29) is 18.3 Å². The van der Waals surface area contributed by atoms with Crippen LogP contribution < -0.4 is 14.2 Å². The van der Waals surface area contributed by atoms with Crippen LogP contribution in [0.3, 0.4) is 0 Å². The normalized spacial score (nSPS) is 14.6. The van der Waals surface area contributed by atoms with Crippen LogP contribution in [0.5, 0.6) is 17.2 Å². The Hall–Kier alpha value is -3.36. The number of carbonyl (C=O) groups is 1. The summed E-state index contributed by atoms with van der Waals surface area (Å²) in [6, 6.07) is 19.3. The number of halogens is 1. The third-order valence-corrected chi connectivity index (χ3v) is 6.58. The lowest BCUT2D eigenvalue weighted by molar-refractivity contribution is -0.122. The van der Waals surface area contributed by atoms with Gasteiger partial charge in [-0.3, -0.25) is 9.69 Å². The molecule has 0 aromatic heterocycles. The quantitative estimate of drug-likeness (QED) is 0.290. The van der Waals surface area contributed by atoms with E-state index in [0.29, 0.717) is 32.8 Å². The van der Waals surface area contributed by atoms with Gasteiger partial charge in [0.25, 0.3) is 5.91 Å². The molecule has 0 saturated carbocycles. The van der Waals surface area contributed by atoms with E-state index in [1.807, 2.05) is 30.3 Å². The van der Waals surface area contributed by atoms with E-state index in [9.17, 15) is 9.18 Å². The van der Waals surface area contributed by atoms with Crippen LogP contribution in [0.15, 0.2) is 71.6 Å². The number of benzene rings is 3. The fourth-order valence-electron chi connectivity index (χ4n) is 3.37. The molecule has 0 atom stereocenters. The van der Waals surface area contributed by atoms with Crippen molar-refractivity contribution in [3.8, 4) is 17.2 Å². The van der Waals surface area contributed by atoms with Gasteiger partial charge in [0.2, 0.25) is 0 Å². The van der Waals surface area contributed by atoms with Gasteiger partial charge in [-0.1, -0.05) is 60.4 Å². The Bertz CT molecular complexity index is 1240. The number of amides is 1. The van der Waals surface area contributed by atoms with Crippen LogP contribution >= 0.6 is 24.0 Å². The number of ether oxygens (including phenoxy) is 3. The second-order valence-corrected chi connectivity index (χ2v) is 9.08. The highest BCUT2D eigenvalue weighted by atomic mass is 32.2. The van der Waals surface area contributed by atoms with Crippen molar-refractivity contribution < 1.29 is 23.4 Å². The van der Waals surface area contributed by atoms with Gasteiger partial charge in [0.1, 0.15) is 22.5 Å². The zero-order valence-electron chi connectivity index (χ0n) is 18.6. The van der Waals surface area contributed by atoms with Gasteiger partial charge in [0.05, 0.1) is 25.7 Å². The maximum absolute atomic E-state index is 13.9. The van der Waals surface area contributed by atoms with E-state index in [4.69, 9.17) is 26.4 Å². The predicted octanol–water partition coefficient (Wildman–Crippen LogP) is 5.82. The van der Waals surface area contributed by atoms with E-state index < -0.39 is 0 Å². The maximum Gasteiger partial charge on any atom is 0.266 e. The highest BCUT2D eigenvalue weighted by Crippen LogP contribution is 2.36. The van der Waals surface area contributed by atoms with Crippen LogP contribution in [0.4, 0.5) is 4.39 Å². The number of nitrogens with zero attached hydrogens (tertiary/aromatic N) is 1. The number of carbonyl (C=O) groups excluding carboxylic acids is 1. The summed E-state index contributed by atoms with van der Waals surface area (Å²) >= 11 is 6.71. The molecule has 4 rings (SSSR count). The van der Waals surface area contributed by atoms with Crippen molar-refractivity contribution in [2.45, 2.75) is 13.2 Å². The number of hydrogen-bond acceptors (Lipinski definition) is 6. The smallest absolute Gasteiger partial charge is 0.266 e. The first kappa shape index (κ1) is 23.8. The molecule has 1 aliphatic heterocycles. The molecule has 1 fully saturated rings. The summed E-state index contributed by atoms with van der Waals surface area (Å²) in [7, 11) is 3.14. The minimum absolute atomic E-state index is 0.0758. The summed E-state index contributed by atoms with van der Waals surface area (Å²) in [5.74, 6) is 1.25. The topological polar surface area (TPSA) is 48.0 Å². The van der Waals surface area contributed by atoms with Gasteiger partial charge >= 0.3 is 0 Å². The Kier molecular flexibility index (Phi) is 7.49. The monoisotopic (exact) mass is 495 g/mol. The number of methoxy groups -OCH3 is 2. The molecular weight excluding hydrogens is 473 g/mol. The van der Waals surface area contributed by atoms with Crippen molar-refractivity contribution in [1.82, 2.24) is 4.90 Å². The molecule has 3 aromatic carbocycles. The Morgan fingerprint density at radius 1 is 1.00 bits per heavy atom. The van der Waals surface area contributed by atoms with Crippen molar-refractivity contribution in [1.29, 1.82) is 0 Å². The molecule has 0 spiro atoms. The molecule has 0 N–H and O–H groups in total. The molecule has 1 amide bonds. The molecule has 1 saturated heterocycles. The van der Waals surface area contributed by atoms with E-state index in [1.165, 1.54) is 24.9 Å². The number of rotatable bonds is 8. The van der Waals surface area contributed by atoms with Gasteiger partial charge < -0.3 is 14.2 Å². The number of thiocarbonyl (C=S) groups is 1. The maximum atomic E-state index is 13.9. The van der Waals surface area contributed by atoms with Crippen LogP contribution in [-0.2, 0) is 17.9 Å². The van der Waals surface area contributed by atoms with Gasteiger partial charge in [-0.2, -0.15) is 0 Å². The molecule has 0 bridgehead atoms. The minimum atomic E-state index is -0.324. The highest BCUT2D eigenvalue weighted by Gasteiger charge is 2.32. The van der Waals surface area contributed by atoms with E-state index in [2.05, 4.69) is 0 Å². The van der Waals surface area contributed by atoms with Crippen molar-refractivity contribution in [3.63, 3.8) is 0 Å². The summed E-state index contributed by atoms with van der Waals surface area (Å²) in [6.07, 6.45) is 1.77. The molecular formula is C26H22FNO4S2. The zero-order valence-corrected chi connectivity index (χ0v) is 20.3. The van der Waals surface area contributed by atoms with Crippen molar-refractivity contribution in [2.75, 3.05) is 14.2 Å². The molecule has 1 heterocycles. The summed E-state index contributed by atoms with van der Waals surface area (Å²) < 4.78 is 30.8.